The fourth-order valence-electron chi connectivity index (χ4n) is 4.95. The number of carbonyl (C=O) groups is 1. The van der Waals surface area contributed by atoms with E-state index in [9.17, 15) is 4.79 Å². The molecule has 2 aromatic rings. The second kappa shape index (κ2) is 6.03. The third-order valence-electron chi connectivity index (χ3n) is 6.12. The summed E-state index contributed by atoms with van der Waals surface area (Å²) >= 11 is 1.54. The van der Waals surface area contributed by atoms with E-state index in [4.69, 9.17) is 4.74 Å². The highest BCUT2D eigenvalue weighted by atomic mass is 32.1. The Labute approximate surface area is 156 Å². The van der Waals surface area contributed by atoms with Crippen LogP contribution in [0.5, 0.6) is 0 Å². The zero-order valence-corrected chi connectivity index (χ0v) is 15.5. The fraction of sp³-hybridized carbons (Fsp3) is 0.526. The zero-order chi connectivity index (χ0) is 17.7. The lowest BCUT2D eigenvalue weighted by molar-refractivity contribution is 0.0141. The first-order valence-corrected chi connectivity index (χ1v) is 10.00. The van der Waals surface area contributed by atoms with Crippen LogP contribution in [-0.2, 0) is 4.74 Å². The van der Waals surface area contributed by atoms with Crippen molar-refractivity contribution in [3.05, 3.63) is 40.5 Å². The molecule has 2 aromatic heterocycles. The van der Waals surface area contributed by atoms with E-state index in [0.29, 0.717) is 18.4 Å². The van der Waals surface area contributed by atoms with Crippen LogP contribution in [0, 0.1) is 18.8 Å². The van der Waals surface area contributed by atoms with Crippen molar-refractivity contribution in [1.82, 2.24) is 15.3 Å². The first kappa shape index (κ1) is 16.2. The third kappa shape index (κ3) is 2.53. The number of carbonyl (C=O) groups excluding carboxylic acids is 1. The highest BCUT2D eigenvalue weighted by Crippen LogP contribution is 2.55. The van der Waals surface area contributed by atoms with Crippen LogP contribution < -0.4 is 10.2 Å². The maximum atomic E-state index is 12.4. The van der Waals surface area contributed by atoms with Crippen LogP contribution in [-0.4, -0.2) is 47.2 Å². The predicted octanol–water partition coefficient (Wildman–Crippen LogP) is 2.26. The summed E-state index contributed by atoms with van der Waals surface area (Å²) < 4.78 is 6.45. The Morgan fingerprint density at radius 3 is 3.15 bits per heavy atom. The van der Waals surface area contributed by atoms with Gasteiger partial charge in [0.05, 0.1) is 22.8 Å². The van der Waals surface area contributed by atoms with Gasteiger partial charge >= 0.3 is 0 Å². The summed E-state index contributed by atoms with van der Waals surface area (Å²) in [6.45, 7) is 4.50. The van der Waals surface area contributed by atoms with Crippen molar-refractivity contribution in [1.29, 1.82) is 0 Å². The molecule has 5 rings (SSSR count). The summed E-state index contributed by atoms with van der Waals surface area (Å²) in [6.07, 6.45) is 7.72. The van der Waals surface area contributed by atoms with Gasteiger partial charge in [-0.3, -0.25) is 9.78 Å². The van der Waals surface area contributed by atoms with E-state index in [2.05, 4.69) is 20.2 Å². The number of aryl methyl sites for hydroxylation is 1. The molecule has 3 aliphatic heterocycles. The Kier molecular flexibility index (Phi) is 3.76. The smallest absolute Gasteiger partial charge is 0.261 e. The number of amides is 1. The highest BCUT2D eigenvalue weighted by Gasteiger charge is 2.63. The van der Waals surface area contributed by atoms with Crippen molar-refractivity contribution < 1.29 is 9.53 Å². The van der Waals surface area contributed by atoms with Gasteiger partial charge in [0.15, 0.2) is 0 Å². The van der Waals surface area contributed by atoms with Gasteiger partial charge in [-0.15, -0.1) is 11.3 Å². The highest BCUT2D eigenvalue weighted by molar-refractivity contribution is 7.13. The van der Waals surface area contributed by atoms with Gasteiger partial charge < -0.3 is 15.0 Å². The van der Waals surface area contributed by atoms with E-state index in [0.717, 1.165) is 41.5 Å². The van der Waals surface area contributed by atoms with Crippen LogP contribution >= 0.6 is 11.3 Å². The van der Waals surface area contributed by atoms with Crippen LogP contribution in [0.25, 0.3) is 0 Å². The van der Waals surface area contributed by atoms with Crippen molar-refractivity contribution >= 4 is 23.1 Å². The van der Waals surface area contributed by atoms with E-state index < -0.39 is 0 Å². The predicted molar refractivity (Wildman–Crippen MR) is 99.5 cm³/mol. The second-order valence-corrected chi connectivity index (χ2v) is 8.88. The molecular formula is C19H22N4O2S. The van der Waals surface area contributed by atoms with Crippen molar-refractivity contribution in [3.8, 4) is 0 Å². The third-order valence-corrected chi connectivity index (χ3v) is 7.12. The number of hydrogen-bond donors (Lipinski definition) is 1. The summed E-state index contributed by atoms with van der Waals surface area (Å²) in [5.41, 5.74) is -0.0723. The molecule has 3 fully saturated rings. The van der Waals surface area contributed by atoms with Crippen LogP contribution in [0.3, 0.4) is 0 Å². The van der Waals surface area contributed by atoms with Crippen molar-refractivity contribution in [2.24, 2.45) is 11.8 Å². The van der Waals surface area contributed by atoms with Crippen LogP contribution in [0.4, 0.5) is 5.82 Å². The molecule has 7 heteroatoms. The molecule has 136 valence electrons. The molecule has 0 unspecified atom stereocenters. The topological polar surface area (TPSA) is 67.4 Å². The van der Waals surface area contributed by atoms with Crippen LogP contribution in [0.15, 0.2) is 30.7 Å². The average Bonchev–Trinajstić information content (AvgIpc) is 3.40. The van der Waals surface area contributed by atoms with Crippen LogP contribution in [0.2, 0.25) is 0 Å². The molecule has 3 aliphatic rings. The molecule has 5 heterocycles. The molecule has 1 spiro atoms. The van der Waals surface area contributed by atoms with Crippen molar-refractivity contribution in [2.45, 2.75) is 31.5 Å². The van der Waals surface area contributed by atoms with E-state index in [1.54, 1.807) is 23.7 Å². The largest absolute Gasteiger partial charge is 0.369 e. The number of anilines is 1. The summed E-state index contributed by atoms with van der Waals surface area (Å²) in [6, 6.07) is 3.89. The van der Waals surface area contributed by atoms with Gasteiger partial charge in [0.1, 0.15) is 5.82 Å². The SMILES string of the molecule is Cc1ccc(C(=O)NC[C@H]2[C@H]3CN(c4cnccn4)C[C@]34CC[C@H]2O4)s1. The number of hydrogen-bond acceptors (Lipinski definition) is 6. The Bertz CT molecular complexity index is 826. The molecule has 0 aliphatic carbocycles. The molecule has 6 nitrogen and oxygen atoms in total. The quantitative estimate of drug-likeness (QED) is 0.894. The molecule has 0 saturated carbocycles. The Balaban J connectivity index is 1.29. The number of thiophene rings is 1. The van der Waals surface area contributed by atoms with Gasteiger partial charge in [-0.2, -0.15) is 0 Å². The van der Waals surface area contributed by atoms with Gasteiger partial charge in [0.2, 0.25) is 0 Å². The van der Waals surface area contributed by atoms with E-state index in [-0.39, 0.29) is 17.6 Å². The number of nitrogens with zero attached hydrogens (tertiary/aromatic N) is 3. The van der Waals surface area contributed by atoms with Gasteiger partial charge in [-0.25, -0.2) is 4.98 Å². The Morgan fingerprint density at radius 2 is 2.38 bits per heavy atom. The average molecular weight is 370 g/mol. The van der Waals surface area contributed by atoms with Crippen molar-refractivity contribution in [2.75, 3.05) is 24.5 Å². The monoisotopic (exact) mass is 370 g/mol. The standard InChI is InChI=1S/C19H22N4O2S/c1-12-2-3-16(26-12)18(24)22-8-13-14-10-23(17-9-20-6-7-21-17)11-19(14)5-4-15(13)25-19/h2-3,6-7,9,13-15H,4-5,8,10-11H2,1H3,(H,22,24)/t13-,14+,15+,19+/m0/s1. The van der Waals surface area contributed by atoms with E-state index >= 15 is 0 Å². The number of ether oxygens (including phenoxy) is 1. The van der Waals surface area contributed by atoms with Gasteiger partial charge in [0.25, 0.3) is 5.91 Å². The minimum Gasteiger partial charge on any atom is -0.369 e. The molecule has 1 N–H and O–H groups in total. The maximum Gasteiger partial charge on any atom is 0.261 e. The molecule has 0 aromatic carbocycles. The first-order valence-electron chi connectivity index (χ1n) is 9.18. The summed E-state index contributed by atoms with van der Waals surface area (Å²) in [5.74, 6) is 1.76. The van der Waals surface area contributed by atoms with Crippen LogP contribution in [0.1, 0.15) is 27.4 Å². The minimum atomic E-state index is -0.0723. The first-order chi connectivity index (χ1) is 12.6. The van der Waals surface area contributed by atoms with E-state index in [1.807, 2.05) is 25.3 Å². The number of rotatable bonds is 4. The summed E-state index contributed by atoms with van der Waals surface area (Å²) in [4.78, 5) is 25.3. The number of fused-ring (bicyclic) bond motifs is 1. The lowest BCUT2D eigenvalue weighted by Gasteiger charge is -2.29. The van der Waals surface area contributed by atoms with Gasteiger partial charge in [0, 0.05) is 48.7 Å². The lowest BCUT2D eigenvalue weighted by atomic mass is 9.73. The molecule has 0 radical (unpaired) electrons. The molecular weight excluding hydrogens is 348 g/mol. The Morgan fingerprint density at radius 1 is 1.46 bits per heavy atom. The zero-order valence-electron chi connectivity index (χ0n) is 14.7. The summed E-state index contributed by atoms with van der Waals surface area (Å²) in [7, 11) is 0. The molecule has 1 amide bonds. The lowest BCUT2D eigenvalue weighted by Crippen LogP contribution is -2.41. The Hall–Kier alpha value is -1.99. The summed E-state index contributed by atoms with van der Waals surface area (Å²) in [5, 5.41) is 3.15. The maximum absolute atomic E-state index is 12.4. The fourth-order valence-corrected chi connectivity index (χ4v) is 5.73. The molecule has 3 saturated heterocycles. The number of nitrogens with one attached hydrogen (secondary N) is 1. The van der Waals surface area contributed by atoms with Gasteiger partial charge in [-0.1, -0.05) is 0 Å². The molecule has 2 bridgehead atoms. The molecule has 4 atom stereocenters. The minimum absolute atomic E-state index is 0.0312. The number of aromatic nitrogens is 2. The van der Waals surface area contributed by atoms with E-state index in [1.165, 1.54) is 0 Å². The van der Waals surface area contributed by atoms with Crippen molar-refractivity contribution in [3.63, 3.8) is 0 Å². The second-order valence-electron chi connectivity index (χ2n) is 7.59. The normalized spacial score (nSPS) is 32.0. The molecule has 26 heavy (non-hydrogen) atoms. The van der Waals surface area contributed by atoms with Gasteiger partial charge in [-0.05, 0) is 31.9 Å².